The van der Waals surface area contributed by atoms with E-state index in [1.807, 2.05) is 18.2 Å². The van der Waals surface area contributed by atoms with Crippen LogP contribution < -0.4 is 5.32 Å². The van der Waals surface area contributed by atoms with Gasteiger partial charge in [-0.25, -0.2) is 4.98 Å². The molecule has 1 aromatic heterocycles. The summed E-state index contributed by atoms with van der Waals surface area (Å²) in [6.45, 7) is 3.77. The molecule has 1 amide bonds. The number of carbonyl (C=O) groups excluding carboxylic acids is 1. The van der Waals surface area contributed by atoms with Gasteiger partial charge in [0.1, 0.15) is 11.6 Å². The maximum atomic E-state index is 12.7. The van der Waals surface area contributed by atoms with Gasteiger partial charge in [0.05, 0.1) is 11.3 Å². The Morgan fingerprint density at radius 3 is 3.00 bits per heavy atom. The highest BCUT2D eigenvalue weighted by Crippen LogP contribution is 2.29. The lowest BCUT2D eigenvalue weighted by molar-refractivity contribution is 0.0838. The summed E-state index contributed by atoms with van der Waals surface area (Å²) in [7, 11) is 1.77. The molecule has 0 spiro atoms. The molecule has 0 fully saturated rings. The van der Waals surface area contributed by atoms with Crippen LogP contribution in [-0.2, 0) is 6.42 Å². The van der Waals surface area contributed by atoms with E-state index in [9.17, 15) is 4.79 Å². The Kier molecular flexibility index (Phi) is 3.85. The highest BCUT2D eigenvalue weighted by molar-refractivity contribution is 6.01. The molecule has 0 aliphatic carbocycles. The van der Waals surface area contributed by atoms with Crippen molar-refractivity contribution in [2.75, 3.05) is 32.1 Å². The Bertz CT molecular complexity index is 666. The van der Waals surface area contributed by atoms with Crippen molar-refractivity contribution in [2.45, 2.75) is 13.3 Å². The van der Waals surface area contributed by atoms with Crippen LogP contribution in [-0.4, -0.2) is 52.5 Å². The number of anilines is 1. The van der Waals surface area contributed by atoms with Gasteiger partial charge in [-0.2, -0.15) is 0 Å². The molecule has 3 rings (SSSR count). The van der Waals surface area contributed by atoms with Crippen molar-refractivity contribution in [3.8, 4) is 0 Å². The molecule has 0 saturated carbocycles. The lowest BCUT2D eigenvalue weighted by Crippen LogP contribution is -2.34. The summed E-state index contributed by atoms with van der Waals surface area (Å²) in [5, 5.41) is 12.4. The number of aliphatic hydroxyl groups is 1. The number of aromatic nitrogens is 1. The second kappa shape index (κ2) is 5.81. The van der Waals surface area contributed by atoms with E-state index in [2.05, 4.69) is 22.1 Å². The zero-order valence-electron chi connectivity index (χ0n) is 12.8. The first-order valence-electron chi connectivity index (χ1n) is 7.46. The molecule has 3 heterocycles. The number of nitrogens with zero attached hydrogens (tertiary/aromatic N) is 3. The van der Waals surface area contributed by atoms with Crippen molar-refractivity contribution in [3.05, 3.63) is 47.1 Å². The van der Waals surface area contributed by atoms with E-state index in [-0.39, 0.29) is 12.5 Å². The van der Waals surface area contributed by atoms with Gasteiger partial charge in [0.2, 0.25) is 0 Å². The van der Waals surface area contributed by atoms with Gasteiger partial charge in [-0.15, -0.1) is 0 Å². The number of amides is 1. The predicted octanol–water partition coefficient (Wildman–Crippen LogP) is 1.17. The Morgan fingerprint density at radius 1 is 1.45 bits per heavy atom. The van der Waals surface area contributed by atoms with Gasteiger partial charge in [0.25, 0.3) is 5.91 Å². The number of fused-ring (bicyclic) bond motifs is 1. The third-order valence-electron chi connectivity index (χ3n) is 4.02. The van der Waals surface area contributed by atoms with Crippen molar-refractivity contribution >= 4 is 11.7 Å². The second-order valence-electron chi connectivity index (χ2n) is 5.38. The van der Waals surface area contributed by atoms with E-state index in [1.54, 1.807) is 18.1 Å². The Balaban J connectivity index is 2.07. The zero-order valence-corrected chi connectivity index (χ0v) is 12.8. The molecular formula is C16H20N4O2. The number of likely N-dealkylation sites (N-methyl/N-ethyl adjacent to an activating group) is 2. The number of pyridine rings is 1. The quantitative estimate of drug-likeness (QED) is 0.877. The van der Waals surface area contributed by atoms with Crippen LogP contribution in [0.4, 0.5) is 5.82 Å². The average Bonchev–Trinajstić information content (AvgIpc) is 2.64. The molecule has 0 aromatic carbocycles. The fraction of sp³-hybridized carbons (Fsp3) is 0.375. The predicted molar refractivity (Wildman–Crippen MR) is 84.2 cm³/mol. The Morgan fingerprint density at radius 2 is 2.27 bits per heavy atom. The van der Waals surface area contributed by atoms with Crippen LogP contribution in [0.3, 0.4) is 0 Å². The van der Waals surface area contributed by atoms with Crippen LogP contribution in [0.15, 0.2) is 35.9 Å². The van der Waals surface area contributed by atoms with Gasteiger partial charge in [-0.1, -0.05) is 6.08 Å². The first kappa shape index (κ1) is 14.6. The fourth-order valence-electron chi connectivity index (χ4n) is 2.76. The van der Waals surface area contributed by atoms with Gasteiger partial charge in [-0.3, -0.25) is 4.79 Å². The summed E-state index contributed by atoms with van der Waals surface area (Å²) in [4.78, 5) is 20.9. The minimum absolute atomic E-state index is 0.0407. The molecule has 6 nitrogen and oxygen atoms in total. The van der Waals surface area contributed by atoms with E-state index < -0.39 is 0 Å². The smallest absolute Gasteiger partial charge is 0.261 e. The molecule has 22 heavy (non-hydrogen) atoms. The lowest BCUT2D eigenvalue weighted by atomic mass is 10.1. The Hall–Kier alpha value is -2.34. The number of rotatable bonds is 3. The maximum Gasteiger partial charge on any atom is 0.261 e. The summed E-state index contributed by atoms with van der Waals surface area (Å²) < 4.78 is 0. The summed E-state index contributed by atoms with van der Waals surface area (Å²) >= 11 is 0. The SMILES string of the molecule is CCN1CC=CC2=C1Nc1ncc(CCO)cc1C(=O)N2C. The van der Waals surface area contributed by atoms with Crippen molar-refractivity contribution in [3.63, 3.8) is 0 Å². The molecule has 6 heteroatoms. The van der Waals surface area contributed by atoms with Crippen LogP contribution in [0.5, 0.6) is 0 Å². The first-order valence-corrected chi connectivity index (χ1v) is 7.46. The summed E-state index contributed by atoms with van der Waals surface area (Å²) in [5.41, 5.74) is 2.24. The van der Waals surface area contributed by atoms with E-state index in [0.29, 0.717) is 17.8 Å². The highest BCUT2D eigenvalue weighted by Gasteiger charge is 2.29. The minimum atomic E-state index is -0.0950. The van der Waals surface area contributed by atoms with Crippen LogP contribution in [0.2, 0.25) is 0 Å². The van der Waals surface area contributed by atoms with E-state index in [0.717, 1.165) is 30.2 Å². The van der Waals surface area contributed by atoms with E-state index >= 15 is 0 Å². The third kappa shape index (κ3) is 2.35. The number of hydrogen-bond donors (Lipinski definition) is 2. The molecule has 2 N–H and O–H groups in total. The zero-order chi connectivity index (χ0) is 15.7. The number of nitrogens with one attached hydrogen (secondary N) is 1. The molecule has 0 atom stereocenters. The van der Waals surface area contributed by atoms with Gasteiger partial charge < -0.3 is 20.2 Å². The van der Waals surface area contributed by atoms with Crippen molar-refractivity contribution in [1.29, 1.82) is 0 Å². The first-order chi connectivity index (χ1) is 10.7. The monoisotopic (exact) mass is 300 g/mol. The third-order valence-corrected chi connectivity index (χ3v) is 4.02. The normalized spacial score (nSPS) is 17.1. The standard InChI is InChI=1S/C16H20N4O2/c1-3-20-7-4-5-13-15(20)18-14-12(16(22)19(13)2)9-11(6-8-21)10-17-14/h4-5,9-10,21H,3,6-8H2,1-2H3,(H,17,18). The van der Waals surface area contributed by atoms with Gasteiger partial charge >= 0.3 is 0 Å². The minimum Gasteiger partial charge on any atom is -0.396 e. The molecule has 0 radical (unpaired) electrons. The van der Waals surface area contributed by atoms with Crippen molar-refractivity contribution in [1.82, 2.24) is 14.8 Å². The number of aliphatic hydroxyl groups excluding tert-OH is 1. The summed E-state index contributed by atoms with van der Waals surface area (Å²) in [5.74, 6) is 1.38. The topological polar surface area (TPSA) is 68.7 Å². The van der Waals surface area contributed by atoms with Crippen molar-refractivity contribution in [2.24, 2.45) is 0 Å². The molecule has 0 unspecified atom stereocenters. The van der Waals surface area contributed by atoms with Gasteiger partial charge in [0.15, 0.2) is 0 Å². The van der Waals surface area contributed by atoms with Crippen molar-refractivity contribution < 1.29 is 9.90 Å². The number of hydrogen-bond acceptors (Lipinski definition) is 5. The van der Waals surface area contributed by atoms with Gasteiger partial charge in [-0.05, 0) is 31.1 Å². The fourth-order valence-corrected chi connectivity index (χ4v) is 2.76. The highest BCUT2D eigenvalue weighted by atomic mass is 16.3. The summed E-state index contributed by atoms with van der Waals surface area (Å²) in [6.07, 6.45) is 6.21. The van der Waals surface area contributed by atoms with E-state index in [1.165, 1.54) is 0 Å². The Labute approximate surface area is 129 Å². The molecule has 1 aromatic rings. The summed E-state index contributed by atoms with van der Waals surface area (Å²) in [6, 6.07) is 1.81. The molecule has 0 bridgehead atoms. The van der Waals surface area contributed by atoms with Crippen LogP contribution in [0, 0.1) is 0 Å². The second-order valence-corrected chi connectivity index (χ2v) is 5.38. The van der Waals surface area contributed by atoms with E-state index in [4.69, 9.17) is 5.11 Å². The molecule has 2 aliphatic heterocycles. The number of allylic oxidation sites excluding steroid dienone is 1. The maximum absolute atomic E-state index is 12.7. The molecule has 0 saturated heterocycles. The molecular weight excluding hydrogens is 280 g/mol. The average molecular weight is 300 g/mol. The van der Waals surface area contributed by atoms with Crippen LogP contribution in [0.1, 0.15) is 22.8 Å². The largest absolute Gasteiger partial charge is 0.396 e. The molecule has 2 aliphatic rings. The van der Waals surface area contributed by atoms with Gasteiger partial charge in [0, 0.05) is 32.9 Å². The van der Waals surface area contributed by atoms with Crippen LogP contribution >= 0.6 is 0 Å². The van der Waals surface area contributed by atoms with Crippen LogP contribution in [0.25, 0.3) is 0 Å². The molecule has 116 valence electrons. The lowest BCUT2D eigenvalue weighted by Gasteiger charge is -2.31. The number of carbonyl (C=O) groups is 1.